The largest absolute Gasteiger partial charge is 0.439 e. The summed E-state index contributed by atoms with van der Waals surface area (Å²) in [5, 5.41) is 9.85. The van der Waals surface area contributed by atoms with Gasteiger partial charge in [-0.1, -0.05) is 55.3 Å². The van der Waals surface area contributed by atoms with Crippen LogP contribution in [0.15, 0.2) is 66.9 Å². The fourth-order valence-electron chi connectivity index (χ4n) is 3.72. The molecule has 0 spiro atoms. The number of benzene rings is 2. The summed E-state index contributed by atoms with van der Waals surface area (Å²) in [7, 11) is 0. The van der Waals surface area contributed by atoms with E-state index in [4.69, 9.17) is 16.3 Å². The summed E-state index contributed by atoms with van der Waals surface area (Å²) >= 11 is 6.20. The Hall–Kier alpha value is -3.95. The number of aromatic nitrogens is 3. The Morgan fingerprint density at radius 2 is 1.97 bits per heavy atom. The van der Waals surface area contributed by atoms with E-state index in [2.05, 4.69) is 23.0 Å². The van der Waals surface area contributed by atoms with Crippen molar-refractivity contribution >= 4 is 17.9 Å². The lowest BCUT2D eigenvalue weighted by Crippen LogP contribution is -2.08. The second-order valence-electron chi connectivity index (χ2n) is 7.80. The van der Waals surface area contributed by atoms with Gasteiger partial charge in [-0.2, -0.15) is 5.26 Å². The second kappa shape index (κ2) is 10.8. The lowest BCUT2D eigenvalue weighted by molar-refractivity contribution is 0.111. The lowest BCUT2D eigenvalue weighted by Gasteiger charge is -2.12. The minimum atomic E-state index is 0.237. The second-order valence-corrected chi connectivity index (χ2v) is 8.16. The van der Waals surface area contributed by atoms with Crippen LogP contribution in [0, 0.1) is 11.3 Å². The Kier molecular flexibility index (Phi) is 7.36. The van der Waals surface area contributed by atoms with E-state index in [0.29, 0.717) is 29.4 Å². The Balaban J connectivity index is 1.60. The molecule has 0 radical (unpaired) electrons. The average molecular weight is 471 g/mol. The molecule has 2 aromatic carbocycles. The number of aldehydes is 1. The van der Waals surface area contributed by atoms with E-state index in [-0.39, 0.29) is 5.15 Å². The first-order valence-corrected chi connectivity index (χ1v) is 11.4. The van der Waals surface area contributed by atoms with Crippen molar-refractivity contribution in [3.8, 4) is 28.8 Å². The van der Waals surface area contributed by atoms with Crippen LogP contribution in [0.25, 0.3) is 11.1 Å². The molecule has 6 nitrogen and oxygen atoms in total. The number of pyridine rings is 1. The first kappa shape index (κ1) is 23.2. The molecule has 0 unspecified atom stereocenters. The predicted molar refractivity (Wildman–Crippen MR) is 131 cm³/mol. The van der Waals surface area contributed by atoms with Crippen LogP contribution in [0.4, 0.5) is 0 Å². The van der Waals surface area contributed by atoms with Crippen molar-refractivity contribution in [2.45, 2.75) is 32.7 Å². The molecule has 34 heavy (non-hydrogen) atoms. The summed E-state index contributed by atoms with van der Waals surface area (Å²) in [6.07, 6.45) is 5.18. The van der Waals surface area contributed by atoms with Gasteiger partial charge < -0.3 is 9.30 Å². The van der Waals surface area contributed by atoms with E-state index in [1.54, 1.807) is 24.4 Å². The standard InChI is InChI=1S/C27H23ClN4O2/c1-2-3-6-25-31-27(28)24(18-33)32(25)17-19-8-10-20(11-9-19)23-15-22(13-12-21(23)16-29)34-26-7-4-5-14-30-26/h4-5,7-15,18H,2-3,6,17H2,1H3. The highest BCUT2D eigenvalue weighted by Crippen LogP contribution is 2.30. The first-order chi connectivity index (χ1) is 16.6. The molecule has 0 aliphatic rings. The molecule has 0 amide bonds. The number of hydrogen-bond donors (Lipinski definition) is 0. The van der Waals surface area contributed by atoms with Crippen LogP contribution in [0.1, 0.15) is 47.2 Å². The number of hydrogen-bond acceptors (Lipinski definition) is 5. The van der Waals surface area contributed by atoms with Crippen LogP contribution < -0.4 is 4.74 Å². The fraction of sp³-hybridized carbons (Fsp3) is 0.185. The maximum absolute atomic E-state index is 11.6. The third-order valence-corrected chi connectivity index (χ3v) is 5.76. The first-order valence-electron chi connectivity index (χ1n) is 11.0. The van der Waals surface area contributed by atoms with E-state index in [9.17, 15) is 10.1 Å². The molecule has 4 rings (SSSR count). The van der Waals surface area contributed by atoms with Gasteiger partial charge in [0.25, 0.3) is 0 Å². The Morgan fingerprint density at radius 1 is 1.15 bits per heavy atom. The summed E-state index contributed by atoms with van der Waals surface area (Å²) in [5.41, 5.74) is 3.59. The van der Waals surface area contributed by atoms with E-state index in [1.807, 2.05) is 47.0 Å². The third kappa shape index (κ3) is 5.16. The van der Waals surface area contributed by atoms with E-state index < -0.39 is 0 Å². The summed E-state index contributed by atoms with van der Waals surface area (Å²) in [6, 6.07) is 20.9. The highest BCUT2D eigenvalue weighted by molar-refractivity contribution is 6.31. The highest BCUT2D eigenvalue weighted by atomic mass is 35.5. The zero-order valence-corrected chi connectivity index (χ0v) is 19.5. The molecular formula is C27H23ClN4O2. The van der Waals surface area contributed by atoms with Crippen LogP contribution in [-0.4, -0.2) is 20.8 Å². The molecule has 0 aliphatic carbocycles. The molecule has 170 valence electrons. The van der Waals surface area contributed by atoms with Gasteiger partial charge >= 0.3 is 0 Å². The molecule has 0 aliphatic heterocycles. The number of unbranched alkanes of at least 4 members (excludes halogenated alkanes) is 1. The summed E-state index contributed by atoms with van der Waals surface area (Å²) < 4.78 is 7.72. The number of rotatable bonds is 9. The topological polar surface area (TPSA) is 80.8 Å². The smallest absolute Gasteiger partial charge is 0.219 e. The van der Waals surface area contributed by atoms with Gasteiger partial charge in [-0.25, -0.2) is 9.97 Å². The van der Waals surface area contributed by atoms with Gasteiger partial charge in [0.05, 0.1) is 11.6 Å². The maximum atomic E-state index is 11.6. The number of carbonyl (C=O) groups excluding carboxylic acids is 1. The number of imidazole rings is 1. The molecule has 2 aromatic heterocycles. The molecule has 0 saturated heterocycles. The number of aryl methyl sites for hydroxylation is 1. The monoisotopic (exact) mass is 470 g/mol. The number of carbonyl (C=O) groups is 1. The van der Waals surface area contributed by atoms with Crippen LogP contribution in [-0.2, 0) is 13.0 Å². The SMILES string of the molecule is CCCCc1nc(Cl)c(C=O)n1Cc1ccc(-c2cc(Oc3ccccn3)ccc2C#N)cc1. The van der Waals surface area contributed by atoms with E-state index in [1.165, 1.54) is 0 Å². The van der Waals surface area contributed by atoms with Crippen molar-refractivity contribution in [3.63, 3.8) is 0 Å². The van der Waals surface area contributed by atoms with Gasteiger partial charge in [0.15, 0.2) is 11.4 Å². The number of nitrogens with zero attached hydrogens (tertiary/aromatic N) is 4. The minimum absolute atomic E-state index is 0.237. The number of halogens is 1. The minimum Gasteiger partial charge on any atom is -0.439 e. The molecule has 0 bridgehead atoms. The van der Waals surface area contributed by atoms with Crippen LogP contribution in [0.3, 0.4) is 0 Å². The quantitative estimate of drug-likeness (QED) is 0.262. The van der Waals surface area contributed by atoms with E-state index >= 15 is 0 Å². The third-order valence-electron chi connectivity index (χ3n) is 5.48. The zero-order chi connectivity index (χ0) is 23.9. The Bertz CT molecular complexity index is 1330. The highest BCUT2D eigenvalue weighted by Gasteiger charge is 2.16. The fourth-order valence-corrected chi connectivity index (χ4v) is 3.96. The number of ether oxygens (including phenoxy) is 1. The molecule has 4 aromatic rings. The number of nitriles is 1. The van der Waals surface area contributed by atoms with Crippen molar-refractivity contribution in [1.29, 1.82) is 5.26 Å². The molecule has 2 heterocycles. The molecule has 0 N–H and O–H groups in total. The van der Waals surface area contributed by atoms with Gasteiger partial charge in [0, 0.05) is 30.8 Å². The molecular weight excluding hydrogens is 448 g/mol. The van der Waals surface area contributed by atoms with Gasteiger partial charge in [-0.05, 0) is 41.8 Å². The predicted octanol–water partition coefficient (Wildman–Crippen LogP) is 6.47. The van der Waals surface area contributed by atoms with Crippen molar-refractivity contribution < 1.29 is 9.53 Å². The van der Waals surface area contributed by atoms with Crippen molar-refractivity contribution in [2.75, 3.05) is 0 Å². The Labute approximate surface area is 203 Å². The molecule has 0 atom stereocenters. The van der Waals surface area contributed by atoms with Gasteiger partial charge in [0.1, 0.15) is 17.3 Å². The Morgan fingerprint density at radius 3 is 2.65 bits per heavy atom. The van der Waals surface area contributed by atoms with Gasteiger partial charge in [-0.15, -0.1) is 0 Å². The summed E-state index contributed by atoms with van der Waals surface area (Å²) in [6.45, 7) is 2.60. The van der Waals surface area contributed by atoms with Crippen molar-refractivity contribution in [1.82, 2.24) is 14.5 Å². The molecule has 0 saturated carbocycles. The zero-order valence-electron chi connectivity index (χ0n) is 18.7. The van der Waals surface area contributed by atoms with Crippen LogP contribution in [0.5, 0.6) is 11.6 Å². The normalized spacial score (nSPS) is 10.6. The van der Waals surface area contributed by atoms with E-state index in [0.717, 1.165) is 48.1 Å². The van der Waals surface area contributed by atoms with Gasteiger partial charge in [-0.3, -0.25) is 4.79 Å². The average Bonchev–Trinajstić information content (AvgIpc) is 3.17. The van der Waals surface area contributed by atoms with Crippen LogP contribution >= 0.6 is 11.6 Å². The summed E-state index contributed by atoms with van der Waals surface area (Å²) in [5.74, 6) is 1.89. The maximum Gasteiger partial charge on any atom is 0.219 e. The van der Waals surface area contributed by atoms with Gasteiger partial charge in [0.2, 0.25) is 5.88 Å². The molecule has 7 heteroatoms. The molecule has 0 fully saturated rings. The lowest BCUT2D eigenvalue weighted by atomic mass is 9.99. The summed E-state index contributed by atoms with van der Waals surface area (Å²) in [4.78, 5) is 20.2. The van der Waals surface area contributed by atoms with Crippen LogP contribution in [0.2, 0.25) is 5.15 Å². The van der Waals surface area contributed by atoms with Crippen molar-refractivity contribution in [2.24, 2.45) is 0 Å². The van der Waals surface area contributed by atoms with Crippen molar-refractivity contribution in [3.05, 3.63) is 94.7 Å².